The van der Waals surface area contributed by atoms with Gasteiger partial charge >= 0.3 is 0 Å². The van der Waals surface area contributed by atoms with Gasteiger partial charge in [-0.2, -0.15) is 0 Å². The number of benzene rings is 2. The zero-order valence-electron chi connectivity index (χ0n) is 9.03. The first kappa shape index (κ1) is 9.58. The quantitative estimate of drug-likeness (QED) is 0.524. The molecule has 1 aromatic heterocycles. The van der Waals surface area contributed by atoms with E-state index in [0.717, 1.165) is 33.1 Å². The molecule has 1 nitrogen and oxygen atoms in total. The van der Waals surface area contributed by atoms with Crippen molar-refractivity contribution in [3.63, 3.8) is 0 Å². The molecule has 0 saturated heterocycles. The van der Waals surface area contributed by atoms with Gasteiger partial charge in [-0.15, -0.1) is 12.8 Å². The average molecular weight is 216 g/mol. The van der Waals surface area contributed by atoms with Crippen molar-refractivity contribution < 1.29 is 4.42 Å². The van der Waals surface area contributed by atoms with Crippen molar-refractivity contribution in [2.75, 3.05) is 0 Å². The molecule has 3 aromatic rings. The van der Waals surface area contributed by atoms with Crippen LogP contribution in [0.15, 0.2) is 40.8 Å². The van der Waals surface area contributed by atoms with Crippen LogP contribution in [0.25, 0.3) is 21.9 Å². The van der Waals surface area contributed by atoms with Crippen molar-refractivity contribution in [1.29, 1.82) is 0 Å². The van der Waals surface area contributed by atoms with E-state index in [4.69, 9.17) is 17.3 Å². The van der Waals surface area contributed by atoms with Gasteiger partial charge in [0.05, 0.1) is 0 Å². The van der Waals surface area contributed by atoms with E-state index in [1.807, 2.05) is 36.4 Å². The van der Waals surface area contributed by atoms with Crippen molar-refractivity contribution in [2.24, 2.45) is 0 Å². The molecule has 1 heteroatoms. The Balaban J connectivity index is 2.44. The number of fused-ring (bicyclic) bond motifs is 3. The first-order valence-corrected chi connectivity index (χ1v) is 5.21. The third-order valence-corrected chi connectivity index (χ3v) is 2.80. The molecule has 1 heterocycles. The number of terminal acetylenes is 2. The van der Waals surface area contributed by atoms with Gasteiger partial charge in [-0.25, -0.2) is 0 Å². The summed E-state index contributed by atoms with van der Waals surface area (Å²) >= 11 is 0. The van der Waals surface area contributed by atoms with Crippen LogP contribution in [0.3, 0.4) is 0 Å². The second kappa shape index (κ2) is 3.44. The van der Waals surface area contributed by atoms with Gasteiger partial charge in [-0.3, -0.25) is 0 Å². The first-order chi connectivity index (χ1) is 8.31. The molecule has 0 aliphatic rings. The van der Waals surface area contributed by atoms with E-state index in [2.05, 4.69) is 11.8 Å². The maximum Gasteiger partial charge on any atom is 0.136 e. The summed E-state index contributed by atoms with van der Waals surface area (Å²) in [5.74, 6) is 5.22. The lowest BCUT2D eigenvalue weighted by Crippen LogP contribution is -1.73. The lowest BCUT2D eigenvalue weighted by Gasteiger charge is -1.91. The number of furan rings is 1. The smallest absolute Gasteiger partial charge is 0.136 e. The Hall–Kier alpha value is -2.64. The van der Waals surface area contributed by atoms with E-state index in [1.54, 1.807) is 0 Å². The molecule has 2 aromatic carbocycles. The van der Waals surface area contributed by atoms with Crippen LogP contribution in [0.5, 0.6) is 0 Å². The van der Waals surface area contributed by atoms with Gasteiger partial charge in [-0.1, -0.05) is 11.8 Å². The third kappa shape index (κ3) is 1.38. The normalized spacial score (nSPS) is 10.2. The number of hydrogen-bond acceptors (Lipinski definition) is 1. The Labute approximate surface area is 99.0 Å². The summed E-state index contributed by atoms with van der Waals surface area (Å²) in [5, 5.41) is 2.06. The molecule has 0 N–H and O–H groups in total. The summed E-state index contributed by atoms with van der Waals surface area (Å²) in [6.45, 7) is 0. The van der Waals surface area contributed by atoms with Crippen LogP contribution in [-0.2, 0) is 0 Å². The molecule has 3 rings (SSSR count). The zero-order valence-corrected chi connectivity index (χ0v) is 9.03. The maximum atomic E-state index is 5.73. The highest BCUT2D eigenvalue weighted by Gasteiger charge is 2.07. The van der Waals surface area contributed by atoms with Gasteiger partial charge in [-0.05, 0) is 36.4 Å². The molecule has 0 amide bonds. The summed E-state index contributed by atoms with van der Waals surface area (Å²) < 4.78 is 5.73. The minimum atomic E-state index is 0.796. The highest BCUT2D eigenvalue weighted by molar-refractivity contribution is 6.05. The molecule has 0 fully saturated rings. The van der Waals surface area contributed by atoms with E-state index < -0.39 is 0 Å². The lowest BCUT2D eigenvalue weighted by atomic mass is 10.1. The largest absolute Gasteiger partial charge is 0.456 e. The van der Waals surface area contributed by atoms with E-state index in [-0.39, 0.29) is 0 Å². The van der Waals surface area contributed by atoms with Crippen LogP contribution in [0, 0.1) is 24.7 Å². The summed E-state index contributed by atoms with van der Waals surface area (Å²) in [5.41, 5.74) is 3.28. The van der Waals surface area contributed by atoms with Crippen molar-refractivity contribution in [3.05, 3.63) is 47.5 Å². The standard InChI is InChI=1S/C16H8O/c1-3-11-6-8-15-14(9-11)13-7-5-12(4-2)10-16(13)17-15/h1-2,5-10H. The fourth-order valence-electron chi connectivity index (χ4n) is 1.96. The second-order valence-corrected chi connectivity index (χ2v) is 3.81. The molecule has 0 bridgehead atoms. The third-order valence-electron chi connectivity index (χ3n) is 2.80. The van der Waals surface area contributed by atoms with Crippen LogP contribution in [-0.4, -0.2) is 0 Å². The highest BCUT2D eigenvalue weighted by atomic mass is 16.3. The SMILES string of the molecule is C#Cc1ccc2c(c1)oc1ccc(C#C)cc12. The van der Waals surface area contributed by atoms with E-state index in [0.29, 0.717) is 0 Å². The Morgan fingerprint density at radius 1 is 0.765 bits per heavy atom. The summed E-state index contributed by atoms with van der Waals surface area (Å²) in [4.78, 5) is 0. The molecule has 0 radical (unpaired) electrons. The summed E-state index contributed by atoms with van der Waals surface area (Å²) in [7, 11) is 0. The van der Waals surface area contributed by atoms with Crippen LogP contribution >= 0.6 is 0 Å². The van der Waals surface area contributed by atoms with Gasteiger partial charge in [0.1, 0.15) is 11.2 Å². The Kier molecular flexibility index (Phi) is 1.94. The van der Waals surface area contributed by atoms with Crippen molar-refractivity contribution in [2.45, 2.75) is 0 Å². The number of hydrogen-bond donors (Lipinski definition) is 0. The summed E-state index contributed by atoms with van der Waals surface area (Å²) in [6.07, 6.45) is 10.8. The lowest BCUT2D eigenvalue weighted by molar-refractivity contribution is 0.669. The Bertz CT molecular complexity index is 807. The highest BCUT2D eigenvalue weighted by Crippen LogP contribution is 2.29. The van der Waals surface area contributed by atoms with Crippen molar-refractivity contribution >= 4 is 21.9 Å². The fraction of sp³-hybridized carbons (Fsp3) is 0. The molecule has 17 heavy (non-hydrogen) atoms. The molecule has 0 saturated carbocycles. The molecular weight excluding hydrogens is 208 g/mol. The zero-order chi connectivity index (χ0) is 11.8. The van der Waals surface area contributed by atoms with Gasteiger partial charge in [0, 0.05) is 21.9 Å². The monoisotopic (exact) mass is 216 g/mol. The van der Waals surface area contributed by atoms with E-state index >= 15 is 0 Å². The molecule has 0 atom stereocenters. The molecule has 78 valence electrons. The van der Waals surface area contributed by atoms with E-state index in [9.17, 15) is 0 Å². The first-order valence-electron chi connectivity index (χ1n) is 5.21. The predicted octanol–water partition coefficient (Wildman–Crippen LogP) is 3.55. The minimum Gasteiger partial charge on any atom is -0.456 e. The Morgan fingerprint density at radius 3 is 2.24 bits per heavy atom. The van der Waals surface area contributed by atoms with Gasteiger partial charge in [0.2, 0.25) is 0 Å². The van der Waals surface area contributed by atoms with Crippen LogP contribution in [0.4, 0.5) is 0 Å². The van der Waals surface area contributed by atoms with Gasteiger partial charge < -0.3 is 4.42 Å². The summed E-state index contributed by atoms with van der Waals surface area (Å²) in [6, 6.07) is 11.4. The Morgan fingerprint density at radius 2 is 1.47 bits per heavy atom. The van der Waals surface area contributed by atoms with Gasteiger partial charge in [0.25, 0.3) is 0 Å². The molecule has 0 aliphatic carbocycles. The second-order valence-electron chi connectivity index (χ2n) is 3.81. The van der Waals surface area contributed by atoms with Gasteiger partial charge in [0.15, 0.2) is 0 Å². The predicted molar refractivity (Wildman–Crippen MR) is 69.6 cm³/mol. The maximum absolute atomic E-state index is 5.73. The van der Waals surface area contributed by atoms with Crippen LogP contribution in [0.2, 0.25) is 0 Å². The van der Waals surface area contributed by atoms with Crippen LogP contribution in [0.1, 0.15) is 11.1 Å². The number of rotatable bonds is 0. The molecule has 0 spiro atoms. The van der Waals surface area contributed by atoms with Crippen molar-refractivity contribution in [1.82, 2.24) is 0 Å². The minimum absolute atomic E-state index is 0.796. The molecular formula is C16H8O. The topological polar surface area (TPSA) is 13.1 Å². The average Bonchev–Trinajstić information content (AvgIpc) is 2.74. The van der Waals surface area contributed by atoms with Crippen LogP contribution < -0.4 is 0 Å². The molecule has 0 unspecified atom stereocenters. The van der Waals surface area contributed by atoms with Crippen molar-refractivity contribution in [3.8, 4) is 24.7 Å². The molecule has 0 aliphatic heterocycles. The fourth-order valence-corrected chi connectivity index (χ4v) is 1.96. The van der Waals surface area contributed by atoms with E-state index in [1.165, 1.54) is 0 Å².